The van der Waals surface area contributed by atoms with Crippen LogP contribution in [0.1, 0.15) is 24.8 Å². The first-order chi connectivity index (χ1) is 9.66. The first-order valence-corrected chi connectivity index (χ1v) is 6.98. The molecule has 5 heteroatoms. The minimum absolute atomic E-state index is 0.0799. The van der Waals surface area contributed by atoms with Crippen molar-refractivity contribution in [1.82, 2.24) is 0 Å². The largest absolute Gasteiger partial charge is 0.489 e. The van der Waals surface area contributed by atoms with Crippen LogP contribution in [0.15, 0.2) is 24.3 Å². The molecule has 0 aliphatic carbocycles. The van der Waals surface area contributed by atoms with Gasteiger partial charge in [0.1, 0.15) is 12.4 Å². The maximum atomic E-state index is 10.6. The molecule has 1 unspecified atom stereocenters. The number of para-hydroxylation sites is 1. The van der Waals surface area contributed by atoms with E-state index in [0.717, 1.165) is 31.9 Å². The van der Waals surface area contributed by atoms with Crippen LogP contribution in [0.2, 0.25) is 5.02 Å². The Labute approximate surface area is 123 Å². The van der Waals surface area contributed by atoms with Gasteiger partial charge in [0.05, 0.1) is 11.1 Å². The summed E-state index contributed by atoms with van der Waals surface area (Å²) in [5.74, 6) is -0.507. The van der Waals surface area contributed by atoms with Crippen molar-refractivity contribution in [2.75, 3.05) is 13.2 Å². The van der Waals surface area contributed by atoms with Crippen LogP contribution in [-0.2, 0) is 9.53 Å². The highest BCUT2D eigenvalue weighted by Gasteiger charge is 2.16. The Morgan fingerprint density at radius 1 is 1.50 bits per heavy atom. The summed E-state index contributed by atoms with van der Waals surface area (Å²) < 4.78 is 11.3. The quantitative estimate of drug-likeness (QED) is 0.846. The molecule has 1 aliphatic rings. The molecule has 1 aromatic carbocycles. The van der Waals surface area contributed by atoms with Crippen LogP contribution in [0.5, 0.6) is 5.75 Å². The van der Waals surface area contributed by atoms with Crippen molar-refractivity contribution in [1.29, 1.82) is 0 Å². The second-order valence-corrected chi connectivity index (χ2v) is 5.04. The van der Waals surface area contributed by atoms with E-state index in [1.54, 1.807) is 18.2 Å². The average molecular weight is 297 g/mol. The number of hydrogen-bond donors (Lipinski definition) is 1. The number of hydrogen-bond acceptors (Lipinski definition) is 3. The third kappa shape index (κ3) is 4.25. The van der Waals surface area contributed by atoms with Crippen molar-refractivity contribution in [3.63, 3.8) is 0 Å². The molecule has 1 heterocycles. The molecule has 1 aromatic rings. The molecule has 0 saturated carbocycles. The van der Waals surface area contributed by atoms with Crippen LogP contribution in [0.4, 0.5) is 0 Å². The summed E-state index contributed by atoms with van der Waals surface area (Å²) in [5.41, 5.74) is 0.649. The van der Waals surface area contributed by atoms with E-state index in [1.807, 2.05) is 0 Å². The normalized spacial score (nSPS) is 19.1. The Balaban J connectivity index is 2.06. The van der Waals surface area contributed by atoms with Gasteiger partial charge in [-0.1, -0.05) is 23.7 Å². The number of aliphatic carboxylic acids is 1. The molecule has 0 radical (unpaired) electrons. The molecule has 1 aliphatic heterocycles. The second kappa shape index (κ2) is 7.31. The molecule has 20 heavy (non-hydrogen) atoms. The zero-order chi connectivity index (χ0) is 14.4. The summed E-state index contributed by atoms with van der Waals surface area (Å²) in [7, 11) is 0. The zero-order valence-electron chi connectivity index (χ0n) is 11.0. The van der Waals surface area contributed by atoms with Gasteiger partial charge in [-0.15, -0.1) is 0 Å². The molecule has 1 saturated heterocycles. The van der Waals surface area contributed by atoms with Crippen molar-refractivity contribution < 1.29 is 19.4 Å². The number of ether oxygens (including phenoxy) is 2. The minimum atomic E-state index is -1.01. The van der Waals surface area contributed by atoms with Crippen LogP contribution in [0.3, 0.4) is 0 Å². The van der Waals surface area contributed by atoms with Gasteiger partial charge in [-0.2, -0.15) is 0 Å². The van der Waals surface area contributed by atoms with Gasteiger partial charge in [-0.3, -0.25) is 0 Å². The average Bonchev–Trinajstić information content (AvgIpc) is 2.45. The predicted octanol–water partition coefficient (Wildman–Crippen LogP) is 3.39. The maximum absolute atomic E-state index is 10.6. The Kier molecular flexibility index (Phi) is 5.44. The minimum Gasteiger partial charge on any atom is -0.489 e. The van der Waals surface area contributed by atoms with E-state index in [2.05, 4.69) is 0 Å². The molecule has 1 fully saturated rings. The zero-order valence-corrected chi connectivity index (χ0v) is 11.8. The highest BCUT2D eigenvalue weighted by atomic mass is 35.5. The number of carboxylic acid groups (broad SMARTS) is 1. The molecule has 108 valence electrons. The molecule has 0 bridgehead atoms. The van der Waals surface area contributed by atoms with Crippen LogP contribution in [0.25, 0.3) is 6.08 Å². The number of carboxylic acids is 1. The molecule has 1 atom stereocenters. The topological polar surface area (TPSA) is 55.8 Å². The van der Waals surface area contributed by atoms with Crippen LogP contribution >= 0.6 is 11.6 Å². The third-order valence-electron chi connectivity index (χ3n) is 3.09. The lowest BCUT2D eigenvalue weighted by Gasteiger charge is -2.23. The van der Waals surface area contributed by atoms with E-state index < -0.39 is 5.97 Å². The summed E-state index contributed by atoms with van der Waals surface area (Å²) in [6.45, 7) is 1.19. The van der Waals surface area contributed by atoms with E-state index in [4.69, 9.17) is 26.2 Å². The van der Waals surface area contributed by atoms with Crippen molar-refractivity contribution in [2.24, 2.45) is 0 Å². The second-order valence-electron chi connectivity index (χ2n) is 4.63. The molecule has 4 nitrogen and oxygen atoms in total. The van der Waals surface area contributed by atoms with Gasteiger partial charge in [0.25, 0.3) is 0 Å². The fourth-order valence-corrected chi connectivity index (χ4v) is 2.32. The highest BCUT2D eigenvalue weighted by Crippen LogP contribution is 2.30. The fraction of sp³-hybridized carbons (Fsp3) is 0.400. The first-order valence-electron chi connectivity index (χ1n) is 6.61. The van der Waals surface area contributed by atoms with Gasteiger partial charge in [0.2, 0.25) is 0 Å². The van der Waals surface area contributed by atoms with E-state index in [1.165, 1.54) is 6.08 Å². The summed E-state index contributed by atoms with van der Waals surface area (Å²) in [5, 5.41) is 9.15. The van der Waals surface area contributed by atoms with E-state index in [-0.39, 0.29) is 6.10 Å². The molecule has 0 aromatic heterocycles. The number of carbonyl (C=O) groups is 1. The molecule has 1 N–H and O–H groups in total. The molecular weight excluding hydrogens is 280 g/mol. The maximum Gasteiger partial charge on any atom is 0.328 e. The van der Waals surface area contributed by atoms with Crippen molar-refractivity contribution in [3.8, 4) is 5.75 Å². The highest BCUT2D eigenvalue weighted by molar-refractivity contribution is 6.32. The van der Waals surface area contributed by atoms with Gasteiger partial charge >= 0.3 is 5.97 Å². The lowest BCUT2D eigenvalue weighted by Crippen LogP contribution is -2.26. The monoisotopic (exact) mass is 296 g/mol. The first kappa shape index (κ1) is 14.9. The predicted molar refractivity (Wildman–Crippen MR) is 77.2 cm³/mol. The summed E-state index contributed by atoms with van der Waals surface area (Å²) in [6.07, 6.45) is 5.83. The van der Waals surface area contributed by atoms with Gasteiger partial charge in [0, 0.05) is 18.2 Å². The van der Waals surface area contributed by atoms with Crippen LogP contribution in [-0.4, -0.2) is 30.4 Å². The molecule has 2 rings (SSSR count). The molecular formula is C15H17ClO4. The molecule has 0 spiro atoms. The Hall–Kier alpha value is -1.52. The lowest BCUT2D eigenvalue weighted by molar-refractivity contribution is -0.131. The lowest BCUT2D eigenvalue weighted by atomic mass is 10.1. The van der Waals surface area contributed by atoms with Gasteiger partial charge < -0.3 is 14.6 Å². The van der Waals surface area contributed by atoms with Crippen molar-refractivity contribution in [3.05, 3.63) is 34.9 Å². The number of benzene rings is 1. The third-order valence-corrected chi connectivity index (χ3v) is 3.39. The standard InChI is InChI=1S/C15H17ClO4/c16-13-6-3-4-11(7-8-14(17)18)15(13)20-10-12-5-1-2-9-19-12/h3-4,6-8,12H,1-2,5,9-10H2,(H,17,18)/b8-7+. The van der Waals surface area contributed by atoms with Gasteiger partial charge in [0.15, 0.2) is 0 Å². The molecule has 0 amide bonds. The van der Waals surface area contributed by atoms with Gasteiger partial charge in [-0.05, 0) is 31.4 Å². The Morgan fingerprint density at radius 2 is 2.35 bits per heavy atom. The Morgan fingerprint density at radius 3 is 3.05 bits per heavy atom. The SMILES string of the molecule is O=C(O)/C=C/c1cccc(Cl)c1OCC1CCCCO1. The van der Waals surface area contributed by atoms with E-state index in [9.17, 15) is 4.79 Å². The van der Waals surface area contributed by atoms with Crippen LogP contribution < -0.4 is 4.74 Å². The Bertz CT molecular complexity index is 493. The van der Waals surface area contributed by atoms with Crippen LogP contribution in [0, 0.1) is 0 Å². The summed E-state index contributed by atoms with van der Waals surface area (Å²) in [6, 6.07) is 5.24. The van der Waals surface area contributed by atoms with Gasteiger partial charge in [-0.25, -0.2) is 4.79 Å². The van der Waals surface area contributed by atoms with E-state index in [0.29, 0.717) is 22.9 Å². The smallest absolute Gasteiger partial charge is 0.328 e. The summed E-state index contributed by atoms with van der Waals surface area (Å²) in [4.78, 5) is 10.6. The van der Waals surface area contributed by atoms with E-state index >= 15 is 0 Å². The summed E-state index contributed by atoms with van der Waals surface area (Å²) >= 11 is 6.12. The number of halogens is 1. The van der Waals surface area contributed by atoms with Crippen molar-refractivity contribution in [2.45, 2.75) is 25.4 Å². The fourth-order valence-electron chi connectivity index (χ4n) is 2.09. The number of rotatable bonds is 5. The van der Waals surface area contributed by atoms with Crippen molar-refractivity contribution >= 4 is 23.6 Å².